The van der Waals surface area contributed by atoms with Crippen LogP contribution in [0.5, 0.6) is 0 Å². The van der Waals surface area contributed by atoms with Gasteiger partial charge in [-0.2, -0.15) is 0 Å². The van der Waals surface area contributed by atoms with Gasteiger partial charge in [-0.3, -0.25) is 33.6 Å². The highest BCUT2D eigenvalue weighted by atomic mass is 16.9. The summed E-state index contributed by atoms with van der Waals surface area (Å²) in [4.78, 5) is 84.3. The topological polar surface area (TPSA) is 772 Å². The molecule has 636 valence electrons. The number of nitrogens with two attached hydrogens (primary N) is 2. The van der Waals surface area contributed by atoms with Gasteiger partial charge < -0.3 is 223 Å². The Morgan fingerprint density at radius 3 is 1.00 bits per heavy atom. The molecule has 9 saturated heterocycles. The lowest BCUT2D eigenvalue weighted by molar-refractivity contribution is -0.405. The Bertz CT molecular complexity index is 2970. The van der Waals surface area contributed by atoms with Crippen LogP contribution in [0.25, 0.3) is 0 Å². The van der Waals surface area contributed by atoms with E-state index in [9.17, 15) is 125 Å². The van der Waals surface area contributed by atoms with Crippen molar-refractivity contribution >= 4 is 44.2 Å². The monoisotopic (exact) mass is 1620 g/mol. The van der Waals surface area contributed by atoms with Crippen LogP contribution in [0.2, 0.25) is 0 Å². The van der Waals surface area contributed by atoms with Crippen molar-refractivity contribution in [2.24, 2.45) is 11.5 Å². The van der Waals surface area contributed by atoms with Gasteiger partial charge in [-0.1, -0.05) is 0 Å². The number of methoxy groups -OCH3 is 1. The van der Waals surface area contributed by atoms with E-state index in [0.29, 0.717) is 0 Å². The summed E-state index contributed by atoms with van der Waals surface area (Å²) in [6, 6.07) is -7.34. The average molecular weight is 1630 g/mol. The molecule has 17 unspecified atom stereocenters. The number of ether oxygens (including phenoxy) is 23. The van der Waals surface area contributed by atoms with Crippen molar-refractivity contribution in [2.45, 2.75) is 291 Å². The molecule has 52 nitrogen and oxygen atoms in total. The first-order valence-corrected chi connectivity index (χ1v) is 34.0. The number of amides is 2. The maximum absolute atomic E-state index is 13.0. The summed E-state index contributed by atoms with van der Waals surface area (Å²) >= 11 is 0. The molecular weight excluding hydrogens is 1530 g/mol. The minimum Gasteiger partial charge on any atom is -0.435 e. The maximum atomic E-state index is 13.0. The minimum absolute atomic E-state index is 0.117. The number of carbonyl (C=O) groups is 7. The summed E-state index contributed by atoms with van der Waals surface area (Å²) < 4.78 is 128. The smallest absolute Gasteiger partial charge is 0.295 e. The molecule has 9 fully saturated rings. The molecule has 0 saturated carbocycles. The van der Waals surface area contributed by atoms with Gasteiger partial charge in [0.2, 0.25) is 43.3 Å². The van der Waals surface area contributed by atoms with E-state index < -0.39 is 316 Å². The van der Waals surface area contributed by atoms with Crippen molar-refractivity contribution in [3.8, 4) is 0 Å². The number of aliphatic hydroxyl groups excluding tert-OH is 18. The van der Waals surface area contributed by atoms with Gasteiger partial charge in [0.25, 0.3) is 32.4 Å². The predicted molar refractivity (Wildman–Crippen MR) is 328 cm³/mol. The average Bonchev–Trinajstić information content (AvgIpc) is 0.769. The molecule has 9 rings (SSSR count). The Kier molecular flexibility index (Phi) is 32.4. The van der Waals surface area contributed by atoms with Crippen LogP contribution in [0.1, 0.15) is 20.3 Å². The van der Waals surface area contributed by atoms with E-state index in [1.807, 2.05) is 0 Å². The highest BCUT2D eigenvalue weighted by molar-refractivity contribution is 5.73. The summed E-state index contributed by atoms with van der Waals surface area (Å²) in [5, 5.41) is 204. The zero-order valence-corrected chi connectivity index (χ0v) is 58.3. The van der Waals surface area contributed by atoms with Crippen LogP contribution in [0.4, 0.5) is 0 Å². The summed E-state index contributed by atoms with van der Waals surface area (Å²) in [5.74, 6) is -1.89. The van der Waals surface area contributed by atoms with Crippen LogP contribution in [0.15, 0.2) is 0 Å². The van der Waals surface area contributed by atoms with E-state index in [0.717, 1.165) is 21.0 Å². The second-order valence-corrected chi connectivity index (χ2v) is 26.3. The molecule has 9 aliphatic heterocycles. The first-order chi connectivity index (χ1) is 52.9. The van der Waals surface area contributed by atoms with Gasteiger partial charge in [-0.15, -0.1) is 0 Å². The standard InChI is InChI=1S/C59H92N4O48/c1-14(73)62-24-42(26(76)17(5-64)95-49(24)106-45-31(81)36(86)51(89-3)108-57(45)92-11-70)104-55-38(88)33(83)46(59(111-55)94-13-72)107-50-25(63-15(2)74)43(27(77)18(6-65)96-50)103-54-37(87)32(82)44(58(110-54)93-12-71)105-48-22(60)28(78)40(19(7-66)97-48)99-21-4-16(75)39(56(100-21)91-10-69)101-47-23(61)29(79)41(20(8-67)98-47)102-53-35(85)30(80)34(84)52(109-53)90-9-68/h9-13,16-59,64-67,75-88H,4-8,60-61H2,1-3H3,(H,62,73)(H,63,74)/t16-,17?,18?,19?,20?,21+,22?,23?,24?,25?,26-,27-,28+,29+,30-,31+,32+,33+,34-,35?,36?,37?,38?,39-,40+,41+,42+,43+,44-,45-,46-,47-,48+,49-,50-,51+,52?,53+,54+,55+,56?,57?,58?,59?/m0/s1. The molecular formula is C59H92N4O48. The summed E-state index contributed by atoms with van der Waals surface area (Å²) in [6.07, 6.45) is -81.1. The molecule has 0 radical (unpaired) electrons. The van der Waals surface area contributed by atoms with Crippen LogP contribution in [0, 0.1) is 0 Å². The van der Waals surface area contributed by atoms with Crippen molar-refractivity contribution in [3.63, 3.8) is 0 Å². The fraction of sp³-hybridized carbons (Fsp3) is 0.881. The van der Waals surface area contributed by atoms with Gasteiger partial charge in [0.05, 0.1) is 44.6 Å². The molecule has 9 aliphatic rings. The molecule has 0 aromatic rings. The Labute approximate surface area is 624 Å². The van der Waals surface area contributed by atoms with Crippen molar-refractivity contribution < 1.29 is 234 Å². The molecule has 44 atom stereocenters. The van der Waals surface area contributed by atoms with Crippen LogP contribution in [0.3, 0.4) is 0 Å². The fourth-order valence-electron chi connectivity index (χ4n) is 13.5. The van der Waals surface area contributed by atoms with Gasteiger partial charge in [-0.05, 0) is 0 Å². The quantitative estimate of drug-likeness (QED) is 0.0214. The molecule has 9 heterocycles. The molecule has 24 N–H and O–H groups in total. The SMILES string of the molecule is CO[C@@H]1OC(OC=O)[C@@H](O[C@@H]2OC(CO)[C@H](O)[C@H](O[C@@H]3OC(OC=O)[C@@H](O[C@@H]4OC(CO)[C@H](O)[C@H](O[C@@H]5OC(OC=O)[C@@H](O[C@H]6OC(CO)[C@@H](O[C@H]7C[C@H](O)[C@H](O[C@@H]8OC(CO)[C@@H](O[C@@H]9OC(OC=O)[C@@H](O)[C@H](O)C9O)[C@H](O)C8N)C(OC=O)O7)[C@H](O)C6N)[C@H](O)C5O)C4NC(C)=O)[C@H](O)C3O)C2NC(C)=O)[C@H](O)C1O. The highest BCUT2D eigenvalue weighted by Crippen LogP contribution is 2.40. The molecule has 0 aromatic carbocycles. The van der Waals surface area contributed by atoms with Crippen molar-refractivity contribution in [1.29, 1.82) is 0 Å². The third-order valence-electron chi connectivity index (χ3n) is 19.2. The Morgan fingerprint density at radius 2 is 0.622 bits per heavy atom. The Hall–Kier alpha value is -5.23. The fourth-order valence-corrected chi connectivity index (χ4v) is 13.5. The number of rotatable bonds is 33. The first-order valence-electron chi connectivity index (χ1n) is 34.0. The zero-order valence-electron chi connectivity index (χ0n) is 58.3. The zero-order chi connectivity index (χ0) is 81.3. The van der Waals surface area contributed by atoms with Crippen LogP contribution in [-0.2, 0) is 143 Å². The lowest BCUT2D eigenvalue weighted by Crippen LogP contribution is -2.71. The minimum atomic E-state index is -2.43. The lowest BCUT2D eigenvalue weighted by atomic mass is 9.94. The van der Waals surface area contributed by atoms with Crippen LogP contribution >= 0.6 is 0 Å². The second-order valence-electron chi connectivity index (χ2n) is 26.3. The third-order valence-corrected chi connectivity index (χ3v) is 19.2. The normalized spacial score (nSPS) is 48.3. The van der Waals surface area contributed by atoms with E-state index in [1.54, 1.807) is 0 Å². The second kappa shape index (κ2) is 40.1. The number of hydrogen-bond donors (Lipinski definition) is 22. The number of nitrogens with one attached hydrogen (secondary N) is 2. The van der Waals surface area contributed by atoms with Gasteiger partial charge in [-0.25, -0.2) is 0 Å². The van der Waals surface area contributed by atoms with Crippen LogP contribution in [-0.4, -0.2) is 441 Å². The Balaban J connectivity index is 0.850. The third kappa shape index (κ3) is 19.9. The molecule has 0 bridgehead atoms. The van der Waals surface area contributed by atoms with E-state index in [1.165, 1.54) is 0 Å². The molecule has 0 spiro atoms. The first kappa shape index (κ1) is 89.7. The maximum Gasteiger partial charge on any atom is 0.295 e. The van der Waals surface area contributed by atoms with E-state index >= 15 is 0 Å². The summed E-state index contributed by atoms with van der Waals surface area (Å²) in [6.45, 7) is -3.30. The largest absolute Gasteiger partial charge is 0.435 e. The van der Waals surface area contributed by atoms with Gasteiger partial charge in [0.15, 0.2) is 74.9 Å². The van der Waals surface area contributed by atoms with E-state index in [2.05, 4.69) is 15.4 Å². The van der Waals surface area contributed by atoms with Crippen LogP contribution < -0.4 is 22.1 Å². The van der Waals surface area contributed by atoms with Crippen molar-refractivity contribution in [2.75, 3.05) is 33.5 Å². The molecule has 0 aliphatic carbocycles. The van der Waals surface area contributed by atoms with Gasteiger partial charge >= 0.3 is 0 Å². The predicted octanol–water partition coefficient (Wildman–Crippen LogP) is -18.0. The number of hydrogen-bond acceptors (Lipinski definition) is 50. The molecule has 2 amide bonds. The lowest BCUT2D eigenvalue weighted by Gasteiger charge is -2.50. The Morgan fingerprint density at radius 1 is 0.324 bits per heavy atom. The summed E-state index contributed by atoms with van der Waals surface area (Å²) in [5.41, 5.74) is 12.6. The molecule has 0 aromatic heterocycles. The van der Waals surface area contributed by atoms with E-state index in [4.69, 9.17) is 116 Å². The highest BCUT2D eigenvalue weighted by Gasteiger charge is 2.61. The molecule has 111 heavy (non-hydrogen) atoms. The van der Waals surface area contributed by atoms with Gasteiger partial charge in [0.1, 0.15) is 146 Å². The van der Waals surface area contributed by atoms with Gasteiger partial charge in [0, 0.05) is 27.4 Å². The number of carbonyl (C=O) groups excluding carboxylic acids is 7. The molecule has 52 heteroatoms. The summed E-state index contributed by atoms with van der Waals surface area (Å²) in [7, 11) is 1.07. The van der Waals surface area contributed by atoms with E-state index in [-0.39, 0.29) is 32.4 Å². The van der Waals surface area contributed by atoms with Crippen molar-refractivity contribution in [3.05, 3.63) is 0 Å². The van der Waals surface area contributed by atoms with Crippen molar-refractivity contribution in [1.82, 2.24) is 10.6 Å². The number of aliphatic hydroxyl groups is 18.